The summed E-state index contributed by atoms with van der Waals surface area (Å²) in [5.74, 6) is -3.63. The van der Waals surface area contributed by atoms with Crippen LogP contribution in [0.4, 0.5) is 20.2 Å². The second-order valence-electron chi connectivity index (χ2n) is 13.1. The summed E-state index contributed by atoms with van der Waals surface area (Å²) in [5, 5.41) is 2.89. The highest BCUT2D eigenvalue weighted by atomic mass is 35.5. The number of carbonyl (C=O) groups is 3. The first-order valence-corrected chi connectivity index (χ1v) is 17.2. The van der Waals surface area contributed by atoms with Gasteiger partial charge in [0, 0.05) is 71.7 Å². The molecule has 0 aromatic heterocycles. The van der Waals surface area contributed by atoms with Crippen molar-refractivity contribution >= 4 is 47.1 Å². The third kappa shape index (κ3) is 8.21. The summed E-state index contributed by atoms with van der Waals surface area (Å²) in [4.78, 5) is 45.9. The summed E-state index contributed by atoms with van der Waals surface area (Å²) in [6.45, 7) is 0.720. The van der Waals surface area contributed by atoms with E-state index >= 15 is 8.78 Å². The number of nitrogens with one attached hydrogen (secondary N) is 1. The zero-order valence-corrected chi connectivity index (χ0v) is 30.9. The quantitative estimate of drug-likeness (QED) is 0.186. The van der Waals surface area contributed by atoms with Crippen LogP contribution in [0.15, 0.2) is 97.1 Å². The number of piperidine rings is 1. The van der Waals surface area contributed by atoms with Crippen molar-refractivity contribution in [2.45, 2.75) is 31.2 Å². The number of carbonyl (C=O) groups excluding carboxylic acids is 3. The summed E-state index contributed by atoms with van der Waals surface area (Å²) in [7, 11) is 7.08. The fourth-order valence-corrected chi connectivity index (χ4v) is 6.92. The van der Waals surface area contributed by atoms with Crippen molar-refractivity contribution in [1.29, 1.82) is 0 Å². The maximum absolute atomic E-state index is 15.8. The monoisotopic (exact) mass is 744 g/mol. The number of halogens is 3. The average Bonchev–Trinajstić information content (AvgIpc) is 3.27. The molecule has 0 bridgehead atoms. The molecule has 0 atom stereocenters. The molecule has 4 aromatic carbocycles. The van der Waals surface area contributed by atoms with E-state index in [1.807, 2.05) is 38.4 Å². The van der Waals surface area contributed by atoms with Gasteiger partial charge in [0.2, 0.25) is 5.91 Å². The fourth-order valence-electron chi connectivity index (χ4n) is 6.92. The predicted octanol–water partition coefficient (Wildman–Crippen LogP) is 7.67. The molecule has 0 radical (unpaired) electrons. The van der Waals surface area contributed by atoms with Crippen LogP contribution in [0.25, 0.3) is 16.7 Å². The molecule has 4 aromatic rings. The maximum Gasteiger partial charge on any atom is 0.275 e. The lowest BCUT2D eigenvalue weighted by Gasteiger charge is -2.35. The number of anilines is 2. The Kier molecular flexibility index (Phi) is 12.2. The van der Waals surface area contributed by atoms with Crippen LogP contribution in [0.2, 0.25) is 0 Å². The van der Waals surface area contributed by atoms with Crippen LogP contribution >= 0.6 is 12.4 Å². The van der Waals surface area contributed by atoms with Crippen LogP contribution in [-0.4, -0.2) is 87.4 Å². The predicted molar refractivity (Wildman–Crippen MR) is 206 cm³/mol. The number of fused-ring (bicyclic) bond motifs is 1. The molecule has 2 aliphatic heterocycles. The minimum Gasteiger partial charge on any atom is -0.493 e. The Labute approximate surface area is 314 Å². The van der Waals surface area contributed by atoms with Gasteiger partial charge in [-0.25, -0.2) is 8.78 Å². The van der Waals surface area contributed by atoms with Gasteiger partial charge in [-0.3, -0.25) is 14.4 Å². The van der Waals surface area contributed by atoms with Crippen molar-refractivity contribution < 1.29 is 32.6 Å². The minimum atomic E-state index is -3.35. The molecule has 0 saturated carbocycles. The van der Waals surface area contributed by atoms with Crippen molar-refractivity contribution in [2.24, 2.45) is 0 Å². The van der Waals surface area contributed by atoms with Gasteiger partial charge < -0.3 is 29.5 Å². The zero-order chi connectivity index (χ0) is 37.0. The van der Waals surface area contributed by atoms with Gasteiger partial charge in [0.25, 0.3) is 17.7 Å². The lowest BCUT2D eigenvalue weighted by Crippen LogP contribution is -2.44. The molecule has 0 unspecified atom stereocenters. The molecule has 1 N–H and O–H groups in total. The molecule has 6 rings (SSSR count). The Bertz CT molecular complexity index is 1990. The van der Waals surface area contributed by atoms with E-state index in [1.165, 1.54) is 18.1 Å². The Morgan fingerprint density at radius 1 is 0.811 bits per heavy atom. The highest BCUT2D eigenvalue weighted by Crippen LogP contribution is 2.44. The molecule has 2 heterocycles. The Balaban J connectivity index is 0.00000541. The molecule has 2 aliphatic rings. The molecule has 1 fully saturated rings. The van der Waals surface area contributed by atoms with Gasteiger partial charge >= 0.3 is 0 Å². The number of rotatable bonds is 8. The smallest absolute Gasteiger partial charge is 0.275 e. The van der Waals surface area contributed by atoms with E-state index in [0.717, 1.165) is 18.9 Å². The van der Waals surface area contributed by atoms with Crippen LogP contribution in [0, 0.1) is 0 Å². The van der Waals surface area contributed by atoms with Crippen molar-refractivity contribution in [3.05, 3.63) is 114 Å². The summed E-state index contributed by atoms with van der Waals surface area (Å²) < 4.78 is 42.7. The molecular weight excluding hydrogens is 702 g/mol. The first-order chi connectivity index (χ1) is 25.0. The largest absolute Gasteiger partial charge is 0.493 e. The lowest BCUT2D eigenvalue weighted by molar-refractivity contribution is -0.127. The van der Waals surface area contributed by atoms with Gasteiger partial charge in [-0.1, -0.05) is 48.5 Å². The summed E-state index contributed by atoms with van der Waals surface area (Å²) >= 11 is 0. The van der Waals surface area contributed by atoms with Crippen LogP contribution in [0.5, 0.6) is 11.5 Å². The molecule has 0 spiro atoms. The Morgan fingerprint density at radius 2 is 1.45 bits per heavy atom. The van der Waals surface area contributed by atoms with Gasteiger partial charge in [0.05, 0.1) is 19.9 Å². The number of likely N-dealkylation sites (tertiary alicyclic amines) is 1. The molecule has 53 heavy (non-hydrogen) atoms. The minimum absolute atomic E-state index is 0. The number of methoxy groups -OCH3 is 2. The van der Waals surface area contributed by atoms with E-state index in [9.17, 15) is 14.4 Å². The van der Waals surface area contributed by atoms with E-state index in [0.29, 0.717) is 58.7 Å². The van der Waals surface area contributed by atoms with Gasteiger partial charge in [0.15, 0.2) is 11.5 Å². The third-order valence-corrected chi connectivity index (χ3v) is 9.80. The van der Waals surface area contributed by atoms with Crippen molar-refractivity contribution in [3.63, 3.8) is 0 Å². The maximum atomic E-state index is 15.8. The molecule has 1 saturated heterocycles. The molecular formula is C41H43ClF2N4O5. The number of benzene rings is 4. The van der Waals surface area contributed by atoms with Crippen LogP contribution < -0.4 is 19.7 Å². The number of nitrogens with zero attached hydrogens (tertiary/aromatic N) is 3. The zero-order valence-electron chi connectivity index (χ0n) is 30.1. The summed E-state index contributed by atoms with van der Waals surface area (Å²) in [6.07, 6.45) is 1.95. The average molecular weight is 745 g/mol. The molecule has 0 aliphatic carbocycles. The van der Waals surface area contributed by atoms with Crippen LogP contribution in [-0.2, 0) is 4.79 Å². The molecule has 12 heteroatoms. The highest BCUT2D eigenvalue weighted by Gasteiger charge is 2.42. The van der Waals surface area contributed by atoms with Gasteiger partial charge in [0.1, 0.15) is 0 Å². The number of hydrogen-bond donors (Lipinski definition) is 1. The summed E-state index contributed by atoms with van der Waals surface area (Å²) in [5.41, 5.74) is 2.48. The number of allylic oxidation sites excluding steroid dienone is 1. The number of ether oxygens (including phenoxy) is 2. The van der Waals surface area contributed by atoms with Gasteiger partial charge in [-0.15, -0.1) is 12.4 Å². The second-order valence-corrected chi connectivity index (χ2v) is 13.1. The molecule has 278 valence electrons. The summed E-state index contributed by atoms with van der Waals surface area (Å²) in [6, 6.07) is 25.7. The first kappa shape index (κ1) is 39.0. The van der Waals surface area contributed by atoms with Gasteiger partial charge in [-0.05, 0) is 75.0 Å². The van der Waals surface area contributed by atoms with E-state index in [2.05, 4.69) is 10.2 Å². The number of amides is 3. The molecule has 3 amide bonds. The lowest BCUT2D eigenvalue weighted by atomic mass is 9.96. The Hall–Kier alpha value is -5.26. The van der Waals surface area contributed by atoms with E-state index in [4.69, 9.17) is 9.47 Å². The van der Waals surface area contributed by atoms with Crippen molar-refractivity contribution in [2.75, 3.05) is 58.2 Å². The highest BCUT2D eigenvalue weighted by molar-refractivity contribution is 6.11. The SMILES string of the molecule is COc1cccc(-c2ccccc2C(=O)Nc2ccc(C(=O)N3CCC(F)(F)/C(=C\C(=O)N4CCC(N(C)C)CC4)c4ccccc43)cc2)c1OC.Cl. The van der Waals surface area contributed by atoms with Gasteiger partial charge in [-0.2, -0.15) is 0 Å². The normalized spacial score (nSPS) is 16.3. The van der Waals surface area contributed by atoms with E-state index in [1.54, 1.807) is 72.7 Å². The second kappa shape index (κ2) is 16.6. The third-order valence-electron chi connectivity index (χ3n) is 9.80. The van der Waals surface area contributed by atoms with Crippen molar-refractivity contribution in [3.8, 4) is 22.6 Å². The number of para-hydroxylation sites is 2. The first-order valence-electron chi connectivity index (χ1n) is 17.2. The molecule has 9 nitrogen and oxygen atoms in total. The van der Waals surface area contributed by atoms with E-state index in [-0.39, 0.29) is 41.6 Å². The number of hydrogen-bond acceptors (Lipinski definition) is 6. The standard InChI is InChI=1S/C41H42F2N4O5.ClH/c1-45(2)29-20-23-46(24-21-29)37(48)26-34-33-12-7-8-14-35(33)47(25-22-41(34,42)43)40(50)27-16-18-28(19-17-27)44-39(49)32-11-6-5-10-30(32)31-13-9-15-36(51-3)38(31)52-4;/h5-19,26,29H,20-25H2,1-4H3,(H,44,49);1H/b34-26-;. The number of alkyl halides is 2. The topological polar surface area (TPSA) is 91.4 Å². The van der Waals surface area contributed by atoms with Crippen molar-refractivity contribution in [1.82, 2.24) is 9.80 Å². The van der Waals surface area contributed by atoms with Crippen LogP contribution in [0.3, 0.4) is 0 Å². The Morgan fingerprint density at radius 3 is 2.11 bits per heavy atom. The fraction of sp³-hybridized carbons (Fsp3) is 0.293. The van der Waals surface area contributed by atoms with E-state index < -0.39 is 24.2 Å². The van der Waals surface area contributed by atoms with Crippen LogP contribution in [0.1, 0.15) is 45.5 Å².